The van der Waals surface area contributed by atoms with Gasteiger partial charge in [-0.3, -0.25) is 9.59 Å². The van der Waals surface area contributed by atoms with Gasteiger partial charge < -0.3 is 9.47 Å². The van der Waals surface area contributed by atoms with Crippen molar-refractivity contribution in [2.75, 3.05) is 6.61 Å². The smallest absolute Gasteiger partial charge is 0.307 e. The molecule has 4 nitrogen and oxygen atoms in total. The fourth-order valence-corrected chi connectivity index (χ4v) is 1.07. The van der Waals surface area contributed by atoms with Crippen LogP contribution in [-0.2, 0) is 19.1 Å². The number of hydrogen-bond acceptors (Lipinski definition) is 4. The number of ether oxygens (including phenoxy) is 2. The molecule has 0 radical (unpaired) electrons. The third-order valence-corrected chi connectivity index (χ3v) is 2.07. The maximum atomic E-state index is 11.2. The molecule has 0 bridgehead atoms. The largest absolute Gasteiger partial charge is 0.466 e. The number of carbonyl (C=O) groups is 2. The highest BCUT2D eigenvalue weighted by atomic mass is 16.5. The third-order valence-electron chi connectivity index (χ3n) is 2.07. The molecule has 0 aliphatic heterocycles. The Balaban J connectivity index is 3.53. The van der Waals surface area contributed by atoms with Crippen LogP contribution in [0.25, 0.3) is 0 Å². The molecule has 1 atom stereocenters. The van der Waals surface area contributed by atoms with Crippen LogP contribution in [0.4, 0.5) is 0 Å². The first kappa shape index (κ1) is 15.5. The summed E-state index contributed by atoms with van der Waals surface area (Å²) in [5.41, 5.74) is 0. The van der Waals surface area contributed by atoms with Crippen molar-refractivity contribution in [2.24, 2.45) is 0 Å². The van der Waals surface area contributed by atoms with Gasteiger partial charge in [-0.15, -0.1) is 6.42 Å². The van der Waals surface area contributed by atoms with Crippen LogP contribution in [-0.4, -0.2) is 24.6 Å². The molecule has 0 aromatic heterocycles. The Hall–Kier alpha value is -1.50. The van der Waals surface area contributed by atoms with Gasteiger partial charge in [-0.1, -0.05) is 19.3 Å². The summed E-state index contributed by atoms with van der Waals surface area (Å²) < 4.78 is 9.80. The second-order valence-corrected chi connectivity index (χ2v) is 3.73. The maximum absolute atomic E-state index is 11.2. The molecular weight excluding hydrogens is 220 g/mol. The fourth-order valence-electron chi connectivity index (χ4n) is 1.07. The van der Waals surface area contributed by atoms with E-state index in [-0.39, 0.29) is 24.8 Å². The van der Waals surface area contributed by atoms with E-state index in [1.165, 1.54) is 0 Å². The zero-order valence-corrected chi connectivity index (χ0v) is 10.5. The molecule has 0 heterocycles. The number of hydrogen-bond donors (Lipinski definition) is 0. The Bertz CT molecular complexity index is 278. The molecule has 0 N–H and O–H groups in total. The van der Waals surface area contributed by atoms with Crippen molar-refractivity contribution in [2.45, 2.75) is 52.1 Å². The normalized spacial score (nSPS) is 11.4. The molecule has 96 valence electrons. The predicted molar refractivity (Wildman–Crippen MR) is 64.1 cm³/mol. The second kappa shape index (κ2) is 9.71. The van der Waals surface area contributed by atoms with Gasteiger partial charge in [0.05, 0.1) is 6.61 Å². The van der Waals surface area contributed by atoms with E-state index in [9.17, 15) is 9.59 Å². The predicted octanol–water partition coefficient (Wildman–Crippen LogP) is 2.06. The number of esters is 2. The lowest BCUT2D eigenvalue weighted by atomic mass is 10.2. The lowest BCUT2D eigenvalue weighted by Gasteiger charge is -2.07. The number of terminal acetylenes is 1. The van der Waals surface area contributed by atoms with Crippen LogP contribution >= 0.6 is 0 Å². The molecule has 0 aromatic carbocycles. The van der Waals surface area contributed by atoms with E-state index >= 15 is 0 Å². The van der Waals surface area contributed by atoms with Gasteiger partial charge in [-0.05, 0) is 19.8 Å². The van der Waals surface area contributed by atoms with Crippen molar-refractivity contribution in [3.8, 4) is 12.3 Å². The summed E-state index contributed by atoms with van der Waals surface area (Å²) in [4.78, 5) is 22.4. The summed E-state index contributed by atoms with van der Waals surface area (Å²) in [7, 11) is 0. The van der Waals surface area contributed by atoms with Gasteiger partial charge in [0.1, 0.15) is 0 Å². The molecule has 0 spiro atoms. The first-order valence-corrected chi connectivity index (χ1v) is 5.91. The lowest BCUT2D eigenvalue weighted by Crippen LogP contribution is -2.13. The minimum Gasteiger partial charge on any atom is -0.466 e. The summed E-state index contributed by atoms with van der Waals surface area (Å²) >= 11 is 0. The monoisotopic (exact) mass is 240 g/mol. The van der Waals surface area contributed by atoms with Gasteiger partial charge in [0.25, 0.3) is 0 Å². The molecule has 0 rings (SSSR count). The highest BCUT2D eigenvalue weighted by Gasteiger charge is 2.09. The first-order valence-electron chi connectivity index (χ1n) is 5.91. The minimum atomic E-state index is -0.515. The second-order valence-electron chi connectivity index (χ2n) is 3.73. The van der Waals surface area contributed by atoms with Crippen molar-refractivity contribution in [3.05, 3.63) is 0 Å². The molecule has 0 aliphatic carbocycles. The van der Waals surface area contributed by atoms with Crippen molar-refractivity contribution in [1.29, 1.82) is 0 Å². The average molecular weight is 240 g/mol. The van der Waals surface area contributed by atoms with Crippen LogP contribution in [0, 0.1) is 12.3 Å². The van der Waals surface area contributed by atoms with Gasteiger partial charge in [0.2, 0.25) is 0 Å². The molecular formula is C13H20O4. The highest BCUT2D eigenvalue weighted by Crippen LogP contribution is 2.02. The molecule has 0 saturated carbocycles. The number of carbonyl (C=O) groups excluding carboxylic acids is 2. The molecule has 0 aromatic rings. The summed E-state index contributed by atoms with van der Waals surface area (Å²) in [5, 5.41) is 0. The molecule has 4 heteroatoms. The van der Waals surface area contributed by atoms with E-state index in [0.717, 1.165) is 12.8 Å². The van der Waals surface area contributed by atoms with Gasteiger partial charge in [0, 0.05) is 12.8 Å². The summed E-state index contributed by atoms with van der Waals surface area (Å²) in [6.07, 6.45) is 7.27. The molecule has 17 heavy (non-hydrogen) atoms. The van der Waals surface area contributed by atoms with Gasteiger partial charge >= 0.3 is 11.9 Å². The molecule has 0 fully saturated rings. The summed E-state index contributed by atoms with van der Waals surface area (Å²) in [6, 6.07) is 0. The van der Waals surface area contributed by atoms with E-state index in [0.29, 0.717) is 13.0 Å². The molecule has 0 aliphatic rings. The average Bonchev–Trinajstić information content (AvgIpc) is 2.29. The zero-order valence-electron chi connectivity index (χ0n) is 10.5. The van der Waals surface area contributed by atoms with Gasteiger partial charge in [-0.2, -0.15) is 0 Å². The van der Waals surface area contributed by atoms with Crippen LogP contribution in [0.3, 0.4) is 0 Å². The molecule has 1 unspecified atom stereocenters. The molecule has 0 saturated heterocycles. The fraction of sp³-hybridized carbons (Fsp3) is 0.692. The topological polar surface area (TPSA) is 52.6 Å². The third kappa shape index (κ3) is 9.43. The van der Waals surface area contributed by atoms with Gasteiger partial charge in [0.15, 0.2) is 6.10 Å². The molecule has 0 amide bonds. The van der Waals surface area contributed by atoms with E-state index in [4.69, 9.17) is 15.9 Å². The van der Waals surface area contributed by atoms with Crippen LogP contribution in [0.5, 0.6) is 0 Å². The Morgan fingerprint density at radius 1 is 1.24 bits per heavy atom. The number of rotatable bonds is 8. The van der Waals surface area contributed by atoms with Crippen molar-refractivity contribution in [1.82, 2.24) is 0 Å². The summed E-state index contributed by atoms with van der Waals surface area (Å²) in [5.74, 6) is 1.65. The van der Waals surface area contributed by atoms with Crippen molar-refractivity contribution >= 4 is 11.9 Å². The quantitative estimate of drug-likeness (QED) is 0.370. The standard InChI is InChI=1S/C13H20O4/c1-4-6-10-16-12(14)8-7-9-13(15)17-11(3)5-2/h2,11H,4,6-10H2,1,3H3. The lowest BCUT2D eigenvalue weighted by molar-refractivity contribution is -0.146. The van der Waals surface area contributed by atoms with E-state index in [1.807, 2.05) is 6.92 Å². The SMILES string of the molecule is C#CC(C)OC(=O)CCCC(=O)OCCCC. The number of unbranched alkanes of at least 4 members (excludes halogenated alkanes) is 1. The highest BCUT2D eigenvalue weighted by molar-refractivity contribution is 5.72. The summed E-state index contributed by atoms with van der Waals surface area (Å²) in [6.45, 7) is 4.10. The Kier molecular flexibility index (Phi) is 8.85. The zero-order chi connectivity index (χ0) is 13.1. The van der Waals surface area contributed by atoms with E-state index < -0.39 is 6.10 Å². The Morgan fingerprint density at radius 3 is 2.47 bits per heavy atom. The maximum Gasteiger partial charge on any atom is 0.307 e. The van der Waals surface area contributed by atoms with E-state index in [1.54, 1.807) is 6.92 Å². The van der Waals surface area contributed by atoms with Crippen LogP contribution in [0.1, 0.15) is 46.0 Å². The van der Waals surface area contributed by atoms with Gasteiger partial charge in [-0.25, -0.2) is 0 Å². The van der Waals surface area contributed by atoms with Crippen molar-refractivity contribution in [3.63, 3.8) is 0 Å². The first-order chi connectivity index (χ1) is 8.10. The Morgan fingerprint density at radius 2 is 1.88 bits per heavy atom. The van der Waals surface area contributed by atoms with Crippen molar-refractivity contribution < 1.29 is 19.1 Å². The Labute approximate surface area is 103 Å². The van der Waals surface area contributed by atoms with Crippen LogP contribution in [0.2, 0.25) is 0 Å². The van der Waals surface area contributed by atoms with Crippen LogP contribution < -0.4 is 0 Å². The van der Waals surface area contributed by atoms with E-state index in [2.05, 4.69) is 5.92 Å². The van der Waals surface area contributed by atoms with Crippen LogP contribution in [0.15, 0.2) is 0 Å². The minimum absolute atomic E-state index is 0.189.